The molecule has 0 fully saturated rings. The minimum Gasteiger partial charge on any atom is -0.465 e. The van der Waals surface area contributed by atoms with E-state index < -0.39 is 24.1 Å². The number of ether oxygens (including phenoxy) is 2. The van der Waals surface area contributed by atoms with Gasteiger partial charge in [-0.15, -0.1) is 5.73 Å². The van der Waals surface area contributed by atoms with Crippen molar-refractivity contribution in [3.05, 3.63) is 88.7 Å². The molecule has 0 aliphatic heterocycles. The van der Waals surface area contributed by atoms with Gasteiger partial charge in [0.05, 0.1) is 37.0 Å². The average molecular weight is 406 g/mol. The molecule has 2 unspecified atom stereocenters. The first-order valence-electron chi connectivity index (χ1n) is 9.02. The molecule has 0 bridgehead atoms. The van der Waals surface area contributed by atoms with Gasteiger partial charge in [-0.25, -0.2) is 9.59 Å². The van der Waals surface area contributed by atoms with Crippen molar-refractivity contribution in [2.75, 3.05) is 14.2 Å². The predicted octanol–water partition coefficient (Wildman–Crippen LogP) is 3.13. The van der Waals surface area contributed by atoms with Crippen LogP contribution in [0.2, 0.25) is 0 Å². The molecule has 0 aliphatic carbocycles. The second kappa shape index (κ2) is 10.8. The summed E-state index contributed by atoms with van der Waals surface area (Å²) in [5.74, 6) is 4.66. The number of aliphatic hydroxyl groups excluding tert-OH is 2. The first-order valence-corrected chi connectivity index (χ1v) is 9.02. The summed E-state index contributed by atoms with van der Waals surface area (Å²) in [4.78, 5) is 22.9. The van der Waals surface area contributed by atoms with Gasteiger partial charge < -0.3 is 19.7 Å². The maximum atomic E-state index is 11.5. The van der Waals surface area contributed by atoms with E-state index >= 15 is 0 Å². The summed E-state index contributed by atoms with van der Waals surface area (Å²) >= 11 is 0. The summed E-state index contributed by atoms with van der Waals surface area (Å²) in [6.45, 7) is 3.55. The third-order valence-corrected chi connectivity index (χ3v) is 4.35. The third kappa shape index (κ3) is 5.69. The zero-order valence-electron chi connectivity index (χ0n) is 16.7. The van der Waals surface area contributed by atoms with Crippen molar-refractivity contribution in [3.63, 3.8) is 0 Å². The van der Waals surface area contributed by atoms with Crippen LogP contribution in [0, 0.1) is 11.8 Å². The Kier molecular flexibility index (Phi) is 8.16. The number of aliphatic hydroxyl groups is 2. The minimum atomic E-state index is -1.07. The monoisotopic (exact) mass is 406 g/mol. The first-order chi connectivity index (χ1) is 14.4. The third-order valence-electron chi connectivity index (χ3n) is 4.35. The van der Waals surface area contributed by atoms with E-state index in [1.165, 1.54) is 14.2 Å². The van der Waals surface area contributed by atoms with Gasteiger partial charge in [0.1, 0.15) is 6.10 Å². The van der Waals surface area contributed by atoms with E-state index in [0.29, 0.717) is 22.3 Å². The van der Waals surface area contributed by atoms with Gasteiger partial charge in [0, 0.05) is 6.42 Å². The lowest BCUT2D eigenvalue weighted by Gasteiger charge is -2.10. The molecule has 2 atom stereocenters. The highest BCUT2D eigenvalue weighted by Crippen LogP contribution is 2.22. The molecule has 0 aliphatic rings. The molecule has 2 rings (SSSR count). The van der Waals surface area contributed by atoms with Crippen molar-refractivity contribution in [1.29, 1.82) is 0 Å². The fourth-order valence-electron chi connectivity index (χ4n) is 2.62. The number of carbonyl (C=O) groups is 2. The van der Waals surface area contributed by atoms with Crippen molar-refractivity contribution in [3.8, 4) is 11.8 Å². The van der Waals surface area contributed by atoms with Crippen LogP contribution in [0.5, 0.6) is 0 Å². The van der Waals surface area contributed by atoms with Crippen molar-refractivity contribution < 1.29 is 29.3 Å². The lowest BCUT2D eigenvalue weighted by Crippen LogP contribution is -2.04. The fraction of sp³-hybridized carbons (Fsp3) is 0.208. The quantitative estimate of drug-likeness (QED) is 0.435. The number of carbonyl (C=O) groups excluding carboxylic acids is 2. The van der Waals surface area contributed by atoms with Crippen LogP contribution in [0.15, 0.2) is 66.4 Å². The lowest BCUT2D eigenvalue weighted by atomic mass is 10.0. The van der Waals surface area contributed by atoms with Crippen molar-refractivity contribution in [2.24, 2.45) is 0 Å². The zero-order chi connectivity index (χ0) is 22.1. The van der Waals surface area contributed by atoms with E-state index in [0.717, 1.165) is 0 Å². The number of hydrogen-bond acceptors (Lipinski definition) is 6. The second-order valence-electron chi connectivity index (χ2n) is 6.24. The van der Waals surface area contributed by atoms with Crippen LogP contribution in [-0.4, -0.2) is 36.4 Å². The Bertz CT molecular complexity index is 1000. The summed E-state index contributed by atoms with van der Waals surface area (Å²) in [5.41, 5.74) is 4.72. The van der Waals surface area contributed by atoms with Gasteiger partial charge in [-0.1, -0.05) is 42.7 Å². The van der Waals surface area contributed by atoms with Gasteiger partial charge in [0.25, 0.3) is 0 Å². The zero-order valence-corrected chi connectivity index (χ0v) is 16.7. The number of esters is 2. The van der Waals surface area contributed by atoms with Crippen molar-refractivity contribution in [2.45, 2.75) is 18.6 Å². The largest absolute Gasteiger partial charge is 0.465 e. The summed E-state index contributed by atoms with van der Waals surface area (Å²) < 4.78 is 9.28. The fourth-order valence-corrected chi connectivity index (χ4v) is 2.62. The topological polar surface area (TPSA) is 93.1 Å². The summed E-state index contributed by atoms with van der Waals surface area (Å²) in [7, 11) is 2.59. The van der Waals surface area contributed by atoms with Crippen LogP contribution < -0.4 is 0 Å². The van der Waals surface area contributed by atoms with Crippen molar-refractivity contribution in [1.82, 2.24) is 0 Å². The molecule has 0 saturated heterocycles. The maximum Gasteiger partial charge on any atom is 0.337 e. The van der Waals surface area contributed by atoms with Crippen LogP contribution >= 0.6 is 0 Å². The number of methoxy groups -OCH3 is 2. The molecule has 6 nitrogen and oxygen atoms in total. The molecule has 30 heavy (non-hydrogen) atoms. The van der Waals surface area contributed by atoms with Gasteiger partial charge in [0.2, 0.25) is 0 Å². The Balaban J connectivity index is 2.05. The van der Waals surface area contributed by atoms with Gasteiger partial charge >= 0.3 is 11.9 Å². The van der Waals surface area contributed by atoms with Gasteiger partial charge in [0.15, 0.2) is 0 Å². The van der Waals surface area contributed by atoms with E-state index in [1.807, 2.05) is 0 Å². The Morgan fingerprint density at radius 1 is 0.900 bits per heavy atom. The lowest BCUT2D eigenvalue weighted by molar-refractivity contribution is 0.0591. The minimum absolute atomic E-state index is 0.108. The molecule has 154 valence electrons. The Morgan fingerprint density at radius 3 is 1.80 bits per heavy atom. The van der Waals surface area contributed by atoms with Crippen molar-refractivity contribution >= 4 is 11.9 Å². The SMILES string of the molecule is C=C=C(C#CCC(O)c1ccc(C(=O)OC)cc1)C(O)c1ccc(C(=O)OC)cc1. The van der Waals surface area contributed by atoms with Gasteiger partial charge in [-0.3, -0.25) is 0 Å². The van der Waals surface area contributed by atoms with Crippen LogP contribution in [0.4, 0.5) is 0 Å². The summed E-state index contributed by atoms with van der Waals surface area (Å²) in [5, 5.41) is 20.8. The Morgan fingerprint density at radius 2 is 1.37 bits per heavy atom. The van der Waals surface area contributed by atoms with Crippen LogP contribution in [0.3, 0.4) is 0 Å². The molecule has 2 aromatic carbocycles. The highest BCUT2D eigenvalue weighted by molar-refractivity contribution is 5.89. The molecule has 6 heteroatoms. The normalized spacial score (nSPS) is 11.9. The second-order valence-corrected chi connectivity index (χ2v) is 6.24. The molecule has 0 radical (unpaired) electrons. The van der Waals surface area contributed by atoms with Crippen LogP contribution in [-0.2, 0) is 9.47 Å². The molecule has 2 N–H and O–H groups in total. The summed E-state index contributed by atoms with van der Waals surface area (Å²) in [6.07, 6.45) is -1.83. The average Bonchev–Trinajstić information content (AvgIpc) is 2.80. The molecular weight excluding hydrogens is 384 g/mol. The molecular formula is C24H22O6. The molecule has 0 spiro atoms. The predicted molar refractivity (Wildman–Crippen MR) is 111 cm³/mol. The highest BCUT2D eigenvalue weighted by atomic mass is 16.5. The summed E-state index contributed by atoms with van der Waals surface area (Å²) in [6, 6.07) is 12.6. The first kappa shape index (κ1) is 22.7. The smallest absolute Gasteiger partial charge is 0.337 e. The van der Waals surface area contributed by atoms with E-state index in [2.05, 4.69) is 33.6 Å². The molecule has 0 amide bonds. The Labute approximate surface area is 175 Å². The Hall–Kier alpha value is -3.62. The number of hydrogen-bond donors (Lipinski definition) is 2. The van der Waals surface area contributed by atoms with E-state index in [1.54, 1.807) is 48.5 Å². The van der Waals surface area contributed by atoms with E-state index in [-0.39, 0.29) is 12.0 Å². The molecule has 0 aromatic heterocycles. The van der Waals surface area contributed by atoms with Gasteiger partial charge in [-0.2, -0.15) is 0 Å². The highest BCUT2D eigenvalue weighted by Gasteiger charge is 2.14. The maximum absolute atomic E-state index is 11.5. The molecule has 0 saturated carbocycles. The standard InChI is InChI=1S/C24H22O6/c1-4-16(22(26)18-10-14-20(15-11-18)24(28)30-3)6-5-7-21(25)17-8-12-19(13-9-17)23(27)29-2/h8-15,21-22,25-26H,1,7H2,2-3H3. The van der Waals surface area contributed by atoms with E-state index in [4.69, 9.17) is 0 Å². The number of rotatable bonds is 6. The van der Waals surface area contributed by atoms with Crippen LogP contribution in [0.1, 0.15) is 50.5 Å². The molecule has 2 aromatic rings. The number of benzene rings is 2. The van der Waals surface area contributed by atoms with Crippen LogP contribution in [0.25, 0.3) is 0 Å². The van der Waals surface area contributed by atoms with Gasteiger partial charge in [-0.05, 0) is 35.4 Å². The molecule has 0 heterocycles. The van der Waals surface area contributed by atoms with E-state index in [9.17, 15) is 19.8 Å².